The Labute approximate surface area is 175 Å². The molecule has 1 unspecified atom stereocenters. The van der Waals surface area contributed by atoms with Crippen LogP contribution in [0.2, 0.25) is 19.6 Å². The third kappa shape index (κ3) is 6.87. The van der Waals surface area contributed by atoms with E-state index in [-0.39, 0.29) is 13.4 Å². The Morgan fingerprint density at radius 3 is 2.23 bits per heavy atom. The van der Waals surface area contributed by atoms with Crippen LogP contribution in [0.4, 0.5) is 0 Å². The number of halogens is 2. The van der Waals surface area contributed by atoms with Gasteiger partial charge in [0.25, 0.3) is 0 Å². The second kappa shape index (κ2) is 12.0. The molecule has 0 saturated carbocycles. The monoisotopic (exact) mass is 444 g/mol. The van der Waals surface area contributed by atoms with E-state index in [4.69, 9.17) is 20.1 Å². The van der Waals surface area contributed by atoms with Crippen LogP contribution in [0, 0.1) is 6.92 Å². The van der Waals surface area contributed by atoms with E-state index in [0.717, 1.165) is 12.8 Å². The fourth-order valence-electron chi connectivity index (χ4n) is 3.19. The number of hydrogen-bond donors (Lipinski definition) is 0. The van der Waals surface area contributed by atoms with Crippen LogP contribution in [-0.2, 0) is 19.8 Å². The Balaban J connectivity index is 0.000000615. The average Bonchev–Trinajstić information content (AvgIpc) is 3.02. The fourth-order valence-corrected chi connectivity index (χ4v) is 4.93. The standard InChI is InChI=1S/C19H23NSi.C2H5.2ClH.Cr/c1-21(2,3)19-14-15(17-9-4-5-10-18(17)19)11-12-16-8-6-7-13-20-16;1-2;;;/h4-10,13-15H,11-12H2,1-3H3;1H2,2H3;2*1H;/q;-1;;;+3/p-2. The van der Waals surface area contributed by atoms with Gasteiger partial charge < -0.3 is 6.92 Å². The van der Waals surface area contributed by atoms with Crippen molar-refractivity contribution in [1.29, 1.82) is 0 Å². The van der Waals surface area contributed by atoms with Gasteiger partial charge in [-0.3, -0.25) is 4.98 Å². The van der Waals surface area contributed by atoms with Crippen molar-refractivity contribution >= 4 is 33.4 Å². The predicted octanol–water partition coefficient (Wildman–Crippen LogP) is 7.29. The molecule has 1 aliphatic rings. The number of aryl methyl sites for hydroxylation is 1. The summed E-state index contributed by atoms with van der Waals surface area (Å²) in [5.74, 6) is 0.560. The summed E-state index contributed by atoms with van der Waals surface area (Å²) in [6.07, 6.45) is 6.64. The van der Waals surface area contributed by atoms with E-state index in [9.17, 15) is 0 Å². The molecular weight excluding hydrogens is 417 g/mol. The molecule has 3 rings (SSSR count). The van der Waals surface area contributed by atoms with E-state index >= 15 is 0 Å². The molecule has 2 aromatic rings. The van der Waals surface area contributed by atoms with Crippen molar-refractivity contribution in [3.8, 4) is 0 Å². The number of fused-ring (bicyclic) bond motifs is 1. The molecule has 0 N–H and O–H groups in total. The van der Waals surface area contributed by atoms with Crippen LogP contribution in [0.1, 0.15) is 36.1 Å². The van der Waals surface area contributed by atoms with Gasteiger partial charge in [0.15, 0.2) is 0 Å². The first kappa shape index (κ1) is 23.5. The van der Waals surface area contributed by atoms with Gasteiger partial charge in [-0.25, -0.2) is 0 Å². The van der Waals surface area contributed by atoms with Gasteiger partial charge >= 0.3 is 33.5 Å². The van der Waals surface area contributed by atoms with Gasteiger partial charge in [-0.05, 0) is 36.1 Å². The van der Waals surface area contributed by atoms with Gasteiger partial charge in [0, 0.05) is 17.8 Å². The molecule has 0 aliphatic heterocycles. The van der Waals surface area contributed by atoms with E-state index in [0.29, 0.717) is 5.92 Å². The summed E-state index contributed by atoms with van der Waals surface area (Å²) in [6, 6.07) is 15.2. The molecule has 1 heterocycles. The maximum absolute atomic E-state index is 4.83. The molecular formula is C21H28Cl2CrNSi. The van der Waals surface area contributed by atoms with E-state index in [1.807, 2.05) is 12.3 Å². The van der Waals surface area contributed by atoms with Crippen LogP contribution < -0.4 is 0 Å². The Morgan fingerprint density at radius 2 is 1.65 bits per heavy atom. The van der Waals surface area contributed by atoms with Crippen molar-refractivity contribution in [1.82, 2.24) is 4.98 Å². The zero-order valence-electron chi connectivity index (χ0n) is 16.0. The Morgan fingerprint density at radius 1 is 1.04 bits per heavy atom. The van der Waals surface area contributed by atoms with Gasteiger partial charge in [0.1, 0.15) is 0 Å². The zero-order chi connectivity index (χ0) is 19.6. The Hall–Kier alpha value is -0.561. The minimum atomic E-state index is -1.28. The van der Waals surface area contributed by atoms with Crippen molar-refractivity contribution in [3.05, 3.63) is 78.5 Å². The molecule has 26 heavy (non-hydrogen) atoms. The molecule has 1 aliphatic carbocycles. The van der Waals surface area contributed by atoms with E-state index in [1.54, 1.807) is 12.1 Å². The van der Waals surface area contributed by atoms with Crippen molar-refractivity contribution in [2.75, 3.05) is 0 Å². The SMILES string of the molecule is C[Si](C)(C)C1=CC(CCc2ccccn2)c2ccccc21.[CH2-]C.[Cl][Cr+][Cl]. The number of allylic oxidation sites excluding steroid dienone is 1. The van der Waals surface area contributed by atoms with Gasteiger partial charge in [0.2, 0.25) is 0 Å². The first-order valence-corrected chi connectivity index (χ1v) is 15.8. The number of pyridine rings is 1. The van der Waals surface area contributed by atoms with Crippen LogP contribution >= 0.6 is 20.1 Å². The number of aromatic nitrogens is 1. The van der Waals surface area contributed by atoms with Crippen LogP contribution in [-0.4, -0.2) is 13.1 Å². The van der Waals surface area contributed by atoms with Crippen LogP contribution in [0.25, 0.3) is 5.20 Å². The summed E-state index contributed by atoms with van der Waals surface area (Å²) in [6.45, 7) is 12.3. The molecule has 1 aromatic heterocycles. The number of hydrogen-bond acceptors (Lipinski definition) is 1. The molecule has 0 bridgehead atoms. The van der Waals surface area contributed by atoms with Crippen LogP contribution in [0.15, 0.2) is 54.7 Å². The summed E-state index contributed by atoms with van der Waals surface area (Å²) in [4.78, 5) is 4.45. The third-order valence-corrected chi connectivity index (χ3v) is 6.32. The average molecular weight is 445 g/mol. The van der Waals surface area contributed by atoms with Gasteiger partial charge in [-0.15, -0.1) is 0 Å². The molecule has 0 spiro atoms. The summed E-state index contributed by atoms with van der Waals surface area (Å²) < 4.78 is 0. The summed E-state index contributed by atoms with van der Waals surface area (Å²) >= 11 is -0.181. The summed E-state index contributed by atoms with van der Waals surface area (Å²) in [5.41, 5.74) is 4.22. The second-order valence-electron chi connectivity index (χ2n) is 6.94. The molecule has 0 amide bonds. The van der Waals surface area contributed by atoms with E-state index < -0.39 is 8.07 Å². The molecule has 1 aromatic carbocycles. The Bertz CT molecular complexity index is 684. The number of rotatable bonds is 4. The predicted molar refractivity (Wildman–Crippen MR) is 116 cm³/mol. The van der Waals surface area contributed by atoms with Crippen LogP contribution in [0.5, 0.6) is 0 Å². The third-order valence-electron chi connectivity index (χ3n) is 4.26. The molecule has 0 fully saturated rings. The quantitative estimate of drug-likeness (QED) is 0.356. The van der Waals surface area contributed by atoms with E-state index in [1.165, 1.54) is 16.8 Å². The van der Waals surface area contributed by atoms with Gasteiger partial charge in [0.05, 0.1) is 8.07 Å². The first-order valence-electron chi connectivity index (χ1n) is 8.79. The topological polar surface area (TPSA) is 12.9 Å². The second-order valence-corrected chi connectivity index (χ2v) is 14.1. The van der Waals surface area contributed by atoms with Crippen molar-refractivity contribution in [2.45, 2.75) is 45.3 Å². The zero-order valence-corrected chi connectivity index (χ0v) is 19.8. The molecule has 0 radical (unpaired) electrons. The van der Waals surface area contributed by atoms with Gasteiger partial charge in [-0.1, -0.05) is 61.2 Å². The normalized spacial score (nSPS) is 14.9. The first-order chi connectivity index (χ1) is 12.5. The fraction of sp³-hybridized carbons (Fsp3) is 0.333. The summed E-state index contributed by atoms with van der Waals surface area (Å²) in [5, 5.41) is 1.63. The van der Waals surface area contributed by atoms with E-state index in [2.05, 4.69) is 74.0 Å². The molecule has 1 atom stereocenters. The van der Waals surface area contributed by atoms with Gasteiger partial charge in [-0.2, -0.15) is 6.92 Å². The van der Waals surface area contributed by atoms with Crippen molar-refractivity contribution in [3.63, 3.8) is 0 Å². The van der Waals surface area contributed by atoms with Crippen LogP contribution in [0.3, 0.4) is 0 Å². The minimum absolute atomic E-state index is 0.181. The Kier molecular flexibility index (Phi) is 10.8. The number of nitrogens with zero attached hydrogens (tertiary/aromatic N) is 1. The molecule has 141 valence electrons. The molecule has 5 heteroatoms. The summed E-state index contributed by atoms with van der Waals surface area (Å²) in [7, 11) is 8.37. The molecule has 1 nitrogen and oxygen atoms in total. The van der Waals surface area contributed by atoms with Crippen molar-refractivity contribution < 1.29 is 13.4 Å². The number of benzene rings is 1. The molecule has 0 saturated heterocycles. The maximum atomic E-state index is 4.83. The van der Waals surface area contributed by atoms with Crippen molar-refractivity contribution in [2.24, 2.45) is 0 Å².